The summed E-state index contributed by atoms with van der Waals surface area (Å²) in [6.45, 7) is 16.5. The minimum absolute atomic E-state index is 0.0461. The minimum Gasteiger partial charge on any atom is -0.463 e. The van der Waals surface area contributed by atoms with Gasteiger partial charge < -0.3 is 9.84 Å². The van der Waals surface area contributed by atoms with Gasteiger partial charge in [0.05, 0.1) is 11.5 Å². The smallest absolute Gasteiger partial charge is 0.312 e. The zero-order valence-corrected chi connectivity index (χ0v) is 14.0. The Hall–Kier alpha value is -0.570. The fourth-order valence-corrected chi connectivity index (χ4v) is 2.15. The van der Waals surface area contributed by atoms with E-state index in [-0.39, 0.29) is 23.4 Å². The molecule has 1 N–H and O–H groups in total. The molecule has 0 radical (unpaired) electrons. The van der Waals surface area contributed by atoms with Gasteiger partial charge in [-0.2, -0.15) is 0 Å². The molecule has 0 fully saturated rings. The van der Waals surface area contributed by atoms with Crippen molar-refractivity contribution in [3.63, 3.8) is 0 Å². The maximum Gasteiger partial charge on any atom is 0.312 e. The van der Waals surface area contributed by atoms with E-state index >= 15 is 0 Å². The lowest BCUT2D eigenvalue weighted by Crippen LogP contribution is -2.44. The number of hydrogen-bond donors (Lipinski definition) is 1. The molecule has 2 unspecified atom stereocenters. The molecule has 0 aromatic heterocycles. The van der Waals surface area contributed by atoms with E-state index in [1.54, 1.807) is 0 Å². The number of carbonyl (C=O) groups excluding carboxylic acids is 1. The van der Waals surface area contributed by atoms with Gasteiger partial charge in [-0.3, -0.25) is 4.79 Å². The standard InChI is InChI=1S/C16H32O3/c1-9-12(17)10-19-13(18)16(8,15(5,6)7)11-14(2,3)4/h12,17H,9-11H2,1-8H3. The molecule has 0 rings (SSSR count). The number of rotatable bonds is 5. The second kappa shape index (κ2) is 6.25. The molecule has 0 spiro atoms. The molecule has 114 valence electrons. The average Bonchev–Trinajstić information content (AvgIpc) is 2.21. The van der Waals surface area contributed by atoms with Gasteiger partial charge in [-0.05, 0) is 30.6 Å². The summed E-state index contributed by atoms with van der Waals surface area (Å²) in [4.78, 5) is 12.5. The van der Waals surface area contributed by atoms with Crippen molar-refractivity contribution in [2.45, 2.75) is 74.3 Å². The summed E-state index contributed by atoms with van der Waals surface area (Å²) in [6, 6.07) is 0. The van der Waals surface area contributed by atoms with Gasteiger partial charge >= 0.3 is 5.97 Å². The average molecular weight is 272 g/mol. The highest BCUT2D eigenvalue weighted by Gasteiger charge is 2.47. The van der Waals surface area contributed by atoms with Crippen molar-refractivity contribution in [2.24, 2.45) is 16.2 Å². The number of carbonyl (C=O) groups is 1. The molecule has 0 aliphatic carbocycles. The van der Waals surface area contributed by atoms with Crippen LogP contribution in [0.4, 0.5) is 0 Å². The molecule has 19 heavy (non-hydrogen) atoms. The molecule has 0 aliphatic rings. The van der Waals surface area contributed by atoms with E-state index in [4.69, 9.17) is 4.74 Å². The van der Waals surface area contributed by atoms with E-state index < -0.39 is 11.5 Å². The van der Waals surface area contributed by atoms with Crippen molar-refractivity contribution in [2.75, 3.05) is 6.61 Å². The Balaban J connectivity index is 5.01. The Bertz CT molecular complexity index is 296. The molecule has 0 saturated heterocycles. The second-order valence-electron chi connectivity index (χ2n) is 7.98. The molecular formula is C16H32O3. The van der Waals surface area contributed by atoms with Gasteiger partial charge in [0.1, 0.15) is 6.61 Å². The monoisotopic (exact) mass is 272 g/mol. The summed E-state index contributed by atoms with van der Waals surface area (Å²) in [5.74, 6) is -0.206. The second-order valence-corrected chi connectivity index (χ2v) is 7.98. The van der Waals surface area contributed by atoms with Crippen LogP contribution < -0.4 is 0 Å². The van der Waals surface area contributed by atoms with Crippen molar-refractivity contribution in [1.29, 1.82) is 0 Å². The summed E-state index contributed by atoms with van der Waals surface area (Å²) in [7, 11) is 0. The van der Waals surface area contributed by atoms with E-state index in [1.165, 1.54) is 0 Å². The summed E-state index contributed by atoms with van der Waals surface area (Å²) < 4.78 is 5.34. The maximum atomic E-state index is 12.5. The highest BCUT2D eigenvalue weighted by Crippen LogP contribution is 2.47. The van der Waals surface area contributed by atoms with Crippen LogP contribution >= 0.6 is 0 Å². The number of ether oxygens (including phenoxy) is 1. The number of hydrogen-bond acceptors (Lipinski definition) is 3. The molecule has 0 bridgehead atoms. The van der Waals surface area contributed by atoms with Crippen LogP contribution in [0.3, 0.4) is 0 Å². The van der Waals surface area contributed by atoms with Crippen LogP contribution in [0.5, 0.6) is 0 Å². The fourth-order valence-electron chi connectivity index (χ4n) is 2.15. The Morgan fingerprint density at radius 1 is 1.11 bits per heavy atom. The molecule has 3 heteroatoms. The zero-order valence-electron chi connectivity index (χ0n) is 14.0. The number of esters is 1. The predicted molar refractivity (Wildman–Crippen MR) is 78.9 cm³/mol. The summed E-state index contributed by atoms with van der Waals surface area (Å²) in [5.41, 5.74) is -0.697. The van der Waals surface area contributed by atoms with E-state index in [0.717, 1.165) is 6.42 Å². The minimum atomic E-state index is -0.567. The van der Waals surface area contributed by atoms with Gasteiger partial charge in [-0.15, -0.1) is 0 Å². The van der Waals surface area contributed by atoms with Crippen molar-refractivity contribution >= 4 is 5.97 Å². The summed E-state index contributed by atoms with van der Waals surface area (Å²) in [6.07, 6.45) is 0.784. The Labute approximate surface area is 118 Å². The Morgan fingerprint density at radius 2 is 1.58 bits per heavy atom. The number of aliphatic hydroxyl groups excluding tert-OH is 1. The molecule has 2 atom stereocenters. The highest BCUT2D eigenvalue weighted by molar-refractivity contribution is 5.77. The first kappa shape index (κ1) is 18.4. The van der Waals surface area contributed by atoms with Gasteiger partial charge in [0.25, 0.3) is 0 Å². The third-order valence-electron chi connectivity index (χ3n) is 3.87. The first-order valence-electron chi connectivity index (χ1n) is 7.19. The third kappa shape index (κ3) is 5.52. The van der Waals surface area contributed by atoms with Crippen LogP contribution in [0.1, 0.15) is 68.2 Å². The van der Waals surface area contributed by atoms with E-state index in [2.05, 4.69) is 41.5 Å². The SMILES string of the molecule is CCC(O)COC(=O)C(C)(CC(C)(C)C)C(C)(C)C. The third-order valence-corrected chi connectivity index (χ3v) is 3.87. The van der Waals surface area contributed by atoms with E-state index in [0.29, 0.717) is 6.42 Å². The van der Waals surface area contributed by atoms with E-state index in [1.807, 2.05) is 13.8 Å². The van der Waals surface area contributed by atoms with Crippen LogP contribution in [0.15, 0.2) is 0 Å². The largest absolute Gasteiger partial charge is 0.463 e. The molecule has 0 amide bonds. The molecule has 0 aromatic carbocycles. The van der Waals surface area contributed by atoms with E-state index in [9.17, 15) is 9.90 Å². The predicted octanol–water partition coefficient (Wildman–Crippen LogP) is 3.79. The summed E-state index contributed by atoms with van der Waals surface area (Å²) >= 11 is 0. The van der Waals surface area contributed by atoms with Crippen LogP contribution in [0.2, 0.25) is 0 Å². The van der Waals surface area contributed by atoms with Gasteiger partial charge in [0, 0.05) is 0 Å². The lowest BCUT2D eigenvalue weighted by Gasteiger charge is -2.43. The van der Waals surface area contributed by atoms with Crippen molar-refractivity contribution in [1.82, 2.24) is 0 Å². The Kier molecular flexibility index (Phi) is 6.07. The van der Waals surface area contributed by atoms with Gasteiger partial charge in [-0.25, -0.2) is 0 Å². The lowest BCUT2D eigenvalue weighted by molar-refractivity contribution is -0.167. The lowest BCUT2D eigenvalue weighted by atomic mass is 9.61. The van der Waals surface area contributed by atoms with Gasteiger partial charge in [-0.1, -0.05) is 48.5 Å². The molecule has 0 heterocycles. The van der Waals surface area contributed by atoms with Crippen LogP contribution in [-0.4, -0.2) is 23.8 Å². The van der Waals surface area contributed by atoms with Gasteiger partial charge in [0.15, 0.2) is 0 Å². The molecule has 3 nitrogen and oxygen atoms in total. The van der Waals surface area contributed by atoms with Gasteiger partial charge in [0.2, 0.25) is 0 Å². The normalized spacial score (nSPS) is 17.7. The molecule has 0 aromatic rings. The van der Waals surface area contributed by atoms with Crippen molar-refractivity contribution < 1.29 is 14.6 Å². The van der Waals surface area contributed by atoms with Crippen molar-refractivity contribution in [3.8, 4) is 0 Å². The van der Waals surface area contributed by atoms with Crippen LogP contribution in [0.25, 0.3) is 0 Å². The molecular weight excluding hydrogens is 240 g/mol. The fraction of sp³-hybridized carbons (Fsp3) is 0.938. The van der Waals surface area contributed by atoms with Crippen molar-refractivity contribution in [3.05, 3.63) is 0 Å². The zero-order chi connectivity index (χ0) is 15.5. The quantitative estimate of drug-likeness (QED) is 0.775. The summed E-state index contributed by atoms with van der Waals surface area (Å²) in [5, 5.41) is 9.53. The molecule has 0 aliphatic heterocycles. The molecule has 0 saturated carbocycles. The number of aliphatic hydroxyl groups is 1. The van der Waals surface area contributed by atoms with Crippen LogP contribution in [0, 0.1) is 16.2 Å². The van der Waals surface area contributed by atoms with Crippen LogP contribution in [-0.2, 0) is 9.53 Å². The first-order chi connectivity index (χ1) is 8.33. The topological polar surface area (TPSA) is 46.5 Å². The Morgan fingerprint density at radius 3 is 1.89 bits per heavy atom. The maximum absolute atomic E-state index is 12.5. The first-order valence-corrected chi connectivity index (χ1v) is 7.19. The highest BCUT2D eigenvalue weighted by atomic mass is 16.5.